The van der Waals surface area contributed by atoms with Crippen LogP contribution in [0.2, 0.25) is 0 Å². The number of nitrogens with one attached hydrogen (secondary N) is 1. The van der Waals surface area contributed by atoms with E-state index < -0.39 is 0 Å². The minimum Gasteiger partial charge on any atom is -0.267 e. The third-order valence-corrected chi connectivity index (χ3v) is 2.71. The van der Waals surface area contributed by atoms with Crippen molar-refractivity contribution in [2.45, 2.75) is 12.8 Å². The van der Waals surface area contributed by atoms with Crippen LogP contribution in [0.4, 0.5) is 0 Å². The summed E-state index contributed by atoms with van der Waals surface area (Å²) < 4.78 is 0. The maximum absolute atomic E-state index is 11.7. The molecule has 96 valence electrons. The maximum Gasteiger partial charge on any atom is 0.272 e. The summed E-state index contributed by atoms with van der Waals surface area (Å²) in [6.07, 6.45) is 4.84. The first-order valence-electron chi connectivity index (χ1n) is 6.06. The first-order chi connectivity index (χ1) is 9.27. The number of carbonyl (C=O) groups is 1. The molecule has 0 unspecified atom stereocenters. The Labute approximate surface area is 112 Å². The number of pyridine rings is 1. The third-order valence-electron chi connectivity index (χ3n) is 2.71. The molecule has 1 aromatic carbocycles. The molecule has 2 rings (SSSR count). The zero-order valence-electron chi connectivity index (χ0n) is 10.7. The lowest BCUT2D eigenvalue weighted by molar-refractivity contribution is 0.0954. The molecule has 1 heterocycles. The molecule has 0 saturated carbocycles. The van der Waals surface area contributed by atoms with Crippen LogP contribution in [0.25, 0.3) is 0 Å². The summed E-state index contributed by atoms with van der Waals surface area (Å²) in [6.45, 7) is 2.02. The van der Waals surface area contributed by atoms with E-state index in [2.05, 4.69) is 15.5 Å². The van der Waals surface area contributed by atoms with Crippen molar-refractivity contribution in [1.82, 2.24) is 10.4 Å². The third kappa shape index (κ3) is 3.74. The second-order valence-electron chi connectivity index (χ2n) is 4.16. The fourth-order valence-corrected chi connectivity index (χ4v) is 1.61. The molecule has 4 heteroatoms. The van der Waals surface area contributed by atoms with E-state index >= 15 is 0 Å². The molecule has 0 spiro atoms. The Morgan fingerprint density at radius 1 is 1.26 bits per heavy atom. The van der Waals surface area contributed by atoms with Gasteiger partial charge in [0.1, 0.15) is 0 Å². The van der Waals surface area contributed by atoms with E-state index in [1.54, 1.807) is 24.5 Å². The topological polar surface area (TPSA) is 54.4 Å². The molecule has 0 bridgehead atoms. The molecule has 2 aromatic rings. The lowest BCUT2D eigenvalue weighted by atomic mass is 10.0. The van der Waals surface area contributed by atoms with Crippen LogP contribution in [0.3, 0.4) is 0 Å². The van der Waals surface area contributed by atoms with Crippen molar-refractivity contribution in [3.63, 3.8) is 0 Å². The van der Waals surface area contributed by atoms with Gasteiger partial charge >= 0.3 is 0 Å². The molecule has 0 aliphatic carbocycles. The monoisotopic (exact) mass is 253 g/mol. The van der Waals surface area contributed by atoms with E-state index in [-0.39, 0.29) is 11.8 Å². The van der Waals surface area contributed by atoms with Gasteiger partial charge in [-0.3, -0.25) is 9.78 Å². The van der Waals surface area contributed by atoms with Gasteiger partial charge in [-0.2, -0.15) is 5.10 Å². The smallest absolute Gasteiger partial charge is 0.267 e. The maximum atomic E-state index is 11.7. The SMILES string of the molecule is C[C@@H](/C=N\NC(=O)c1cccnc1)c1ccccc1. The van der Waals surface area contributed by atoms with E-state index in [4.69, 9.17) is 0 Å². The highest BCUT2D eigenvalue weighted by atomic mass is 16.2. The second-order valence-corrected chi connectivity index (χ2v) is 4.16. The number of hydrogen-bond acceptors (Lipinski definition) is 3. The number of hydrazone groups is 1. The van der Waals surface area contributed by atoms with Gasteiger partial charge in [0.15, 0.2) is 0 Å². The number of amides is 1. The zero-order valence-corrected chi connectivity index (χ0v) is 10.7. The first kappa shape index (κ1) is 13.0. The highest BCUT2D eigenvalue weighted by Gasteiger charge is 2.04. The van der Waals surface area contributed by atoms with Crippen LogP contribution in [-0.4, -0.2) is 17.1 Å². The first-order valence-corrected chi connectivity index (χ1v) is 6.06. The summed E-state index contributed by atoms with van der Waals surface area (Å²) in [5.74, 6) is -0.111. The molecule has 1 atom stereocenters. The van der Waals surface area contributed by atoms with Gasteiger partial charge in [0.05, 0.1) is 5.56 Å². The van der Waals surface area contributed by atoms with Gasteiger partial charge in [0.25, 0.3) is 5.91 Å². The Bertz CT molecular complexity index is 552. The lowest BCUT2D eigenvalue weighted by Gasteiger charge is -2.05. The van der Waals surface area contributed by atoms with Crippen LogP contribution in [0.15, 0.2) is 60.0 Å². The van der Waals surface area contributed by atoms with Gasteiger partial charge in [-0.15, -0.1) is 0 Å². The highest BCUT2D eigenvalue weighted by Crippen LogP contribution is 2.11. The van der Waals surface area contributed by atoms with Crippen molar-refractivity contribution in [1.29, 1.82) is 0 Å². The van der Waals surface area contributed by atoms with Crippen molar-refractivity contribution in [3.8, 4) is 0 Å². The zero-order chi connectivity index (χ0) is 13.5. The van der Waals surface area contributed by atoms with Crippen LogP contribution in [0.5, 0.6) is 0 Å². The molecular weight excluding hydrogens is 238 g/mol. The Morgan fingerprint density at radius 3 is 2.74 bits per heavy atom. The van der Waals surface area contributed by atoms with Crippen LogP contribution >= 0.6 is 0 Å². The average Bonchev–Trinajstić information content (AvgIpc) is 2.49. The fourth-order valence-electron chi connectivity index (χ4n) is 1.61. The number of nitrogens with zero attached hydrogens (tertiary/aromatic N) is 2. The van der Waals surface area contributed by atoms with Crippen LogP contribution in [-0.2, 0) is 0 Å². The van der Waals surface area contributed by atoms with Gasteiger partial charge in [0.2, 0.25) is 0 Å². The van der Waals surface area contributed by atoms with Crippen molar-refractivity contribution in [2.75, 3.05) is 0 Å². The Balaban J connectivity index is 1.92. The van der Waals surface area contributed by atoms with E-state index in [1.165, 1.54) is 6.20 Å². The molecule has 0 fully saturated rings. The second kappa shape index (κ2) is 6.44. The molecule has 1 N–H and O–H groups in total. The summed E-state index contributed by atoms with van der Waals surface area (Å²) in [5, 5.41) is 3.97. The van der Waals surface area contributed by atoms with Crippen molar-refractivity contribution < 1.29 is 4.79 Å². The number of benzene rings is 1. The number of carbonyl (C=O) groups excluding carboxylic acids is 1. The van der Waals surface area contributed by atoms with Gasteiger partial charge in [0, 0.05) is 24.5 Å². The van der Waals surface area contributed by atoms with Gasteiger partial charge < -0.3 is 0 Å². The number of hydrogen-bond donors (Lipinski definition) is 1. The summed E-state index contributed by atoms with van der Waals surface area (Å²) in [4.78, 5) is 15.6. The summed E-state index contributed by atoms with van der Waals surface area (Å²) in [6, 6.07) is 13.4. The Hall–Kier alpha value is -2.49. The van der Waals surface area contributed by atoms with Gasteiger partial charge in [-0.25, -0.2) is 5.43 Å². The predicted molar refractivity (Wildman–Crippen MR) is 75.1 cm³/mol. The Morgan fingerprint density at radius 2 is 2.05 bits per heavy atom. The van der Waals surface area contributed by atoms with Crippen LogP contribution < -0.4 is 5.43 Å². The normalized spacial score (nSPS) is 12.3. The van der Waals surface area contributed by atoms with Crippen LogP contribution in [0, 0.1) is 0 Å². The van der Waals surface area contributed by atoms with E-state index in [0.29, 0.717) is 5.56 Å². The molecule has 19 heavy (non-hydrogen) atoms. The van der Waals surface area contributed by atoms with Crippen molar-refractivity contribution in [2.24, 2.45) is 5.10 Å². The molecule has 1 aromatic heterocycles. The Kier molecular flexibility index (Phi) is 4.39. The largest absolute Gasteiger partial charge is 0.272 e. The predicted octanol–water partition coefficient (Wildman–Crippen LogP) is 2.60. The van der Waals surface area contributed by atoms with Crippen molar-refractivity contribution >= 4 is 12.1 Å². The standard InChI is InChI=1S/C15H15N3O/c1-12(13-6-3-2-4-7-13)10-17-18-15(19)14-8-5-9-16-11-14/h2-12H,1H3,(H,18,19)/b17-10-/t12-/m0/s1. The minimum atomic E-state index is -0.260. The van der Waals surface area contributed by atoms with E-state index in [1.807, 2.05) is 37.3 Å². The molecule has 0 saturated heterocycles. The lowest BCUT2D eigenvalue weighted by Crippen LogP contribution is -2.18. The molecular formula is C15H15N3O. The average molecular weight is 253 g/mol. The van der Waals surface area contributed by atoms with Gasteiger partial charge in [-0.1, -0.05) is 37.3 Å². The van der Waals surface area contributed by atoms with Gasteiger partial charge in [-0.05, 0) is 17.7 Å². The quantitative estimate of drug-likeness (QED) is 0.672. The number of rotatable bonds is 4. The molecule has 4 nitrogen and oxygen atoms in total. The molecule has 1 amide bonds. The summed E-state index contributed by atoms with van der Waals surface area (Å²) in [7, 11) is 0. The summed E-state index contributed by atoms with van der Waals surface area (Å²) in [5.41, 5.74) is 4.14. The van der Waals surface area contributed by atoms with E-state index in [9.17, 15) is 4.79 Å². The minimum absolute atomic E-state index is 0.149. The summed E-state index contributed by atoms with van der Waals surface area (Å²) >= 11 is 0. The molecule has 0 aliphatic rings. The van der Waals surface area contributed by atoms with Crippen molar-refractivity contribution in [3.05, 3.63) is 66.0 Å². The fraction of sp³-hybridized carbons (Fsp3) is 0.133. The van der Waals surface area contributed by atoms with Crippen LogP contribution in [0.1, 0.15) is 28.8 Å². The van der Waals surface area contributed by atoms with E-state index in [0.717, 1.165) is 5.56 Å². The molecule has 0 radical (unpaired) electrons. The number of aromatic nitrogens is 1. The molecule has 0 aliphatic heterocycles. The highest BCUT2D eigenvalue weighted by molar-refractivity contribution is 5.94.